The normalized spacial score (nSPS) is 15.3. The van der Waals surface area contributed by atoms with Crippen LogP contribution in [0.25, 0.3) is 0 Å². The topological polar surface area (TPSA) is 80.3 Å². The van der Waals surface area contributed by atoms with Gasteiger partial charge in [0, 0.05) is 43.3 Å². The number of amides is 3. The van der Waals surface area contributed by atoms with Gasteiger partial charge in [-0.15, -0.1) is 11.3 Å². The van der Waals surface area contributed by atoms with Crippen molar-refractivity contribution in [3.05, 3.63) is 46.2 Å². The lowest BCUT2D eigenvalue weighted by molar-refractivity contribution is -0.135. The molecule has 1 atom stereocenters. The van der Waals surface area contributed by atoms with Gasteiger partial charge < -0.3 is 29.3 Å². The van der Waals surface area contributed by atoms with Crippen molar-refractivity contribution < 1.29 is 23.8 Å². The summed E-state index contributed by atoms with van der Waals surface area (Å²) < 4.78 is 16.6. The minimum Gasteiger partial charge on any atom is -0.497 e. The van der Waals surface area contributed by atoms with Gasteiger partial charge >= 0.3 is 6.03 Å². The van der Waals surface area contributed by atoms with Crippen LogP contribution in [0.3, 0.4) is 0 Å². The zero-order chi connectivity index (χ0) is 25.4. The maximum atomic E-state index is 13.6. The third-order valence-corrected chi connectivity index (χ3v) is 6.73. The van der Waals surface area contributed by atoms with Gasteiger partial charge in [0.05, 0.1) is 13.2 Å². The number of methoxy groups -OCH3 is 2. The first-order valence-electron chi connectivity index (χ1n) is 11.9. The first-order valence-corrected chi connectivity index (χ1v) is 12.8. The molecule has 0 fully saturated rings. The van der Waals surface area contributed by atoms with Crippen LogP contribution in [-0.2, 0) is 16.0 Å². The number of carbonyl (C=O) groups excluding carboxylic acids is 2. The Labute approximate surface area is 212 Å². The molecule has 0 radical (unpaired) electrons. The molecule has 0 bridgehead atoms. The summed E-state index contributed by atoms with van der Waals surface area (Å²) in [5.41, 5.74) is 0.714. The van der Waals surface area contributed by atoms with Crippen LogP contribution in [0.2, 0.25) is 0 Å². The minimum atomic E-state index is -0.399. The second-order valence-corrected chi connectivity index (χ2v) is 10.6. The van der Waals surface area contributed by atoms with Gasteiger partial charge in [-0.1, -0.05) is 6.07 Å². The molecule has 1 aromatic carbocycles. The maximum absolute atomic E-state index is 13.6. The summed E-state index contributed by atoms with van der Waals surface area (Å²) in [7, 11) is 3.25. The Morgan fingerprint density at radius 1 is 1.20 bits per heavy atom. The number of thiophene rings is 1. The molecule has 192 valence electrons. The lowest BCUT2D eigenvalue weighted by Crippen LogP contribution is -2.53. The number of rotatable bonds is 10. The first kappa shape index (κ1) is 26.8. The predicted octanol–water partition coefficient (Wildman–Crippen LogP) is 4.11. The maximum Gasteiger partial charge on any atom is 0.318 e. The quantitative estimate of drug-likeness (QED) is 0.494. The van der Waals surface area contributed by atoms with E-state index < -0.39 is 5.54 Å². The van der Waals surface area contributed by atoms with Gasteiger partial charge in [-0.05, 0) is 62.8 Å². The first-order chi connectivity index (χ1) is 16.7. The van der Waals surface area contributed by atoms with Crippen molar-refractivity contribution in [1.82, 2.24) is 15.1 Å². The van der Waals surface area contributed by atoms with Crippen LogP contribution in [-0.4, -0.2) is 74.3 Å². The van der Waals surface area contributed by atoms with E-state index in [2.05, 4.69) is 16.8 Å². The Hall–Kier alpha value is -2.78. The zero-order valence-corrected chi connectivity index (χ0v) is 22.2. The highest BCUT2D eigenvalue weighted by molar-refractivity contribution is 7.10. The van der Waals surface area contributed by atoms with Crippen LogP contribution in [0.4, 0.5) is 4.79 Å². The number of fused-ring (bicyclic) bond motifs is 1. The molecule has 35 heavy (non-hydrogen) atoms. The molecule has 1 aliphatic rings. The Morgan fingerprint density at radius 2 is 1.97 bits per heavy atom. The van der Waals surface area contributed by atoms with Gasteiger partial charge in [-0.25, -0.2) is 4.79 Å². The number of urea groups is 1. The van der Waals surface area contributed by atoms with Crippen LogP contribution in [0.1, 0.15) is 43.7 Å². The standard InChI is InChI=1S/C26H37N3O5S/c1-26(2,3)27-25(31)28(12-7-14-32-4)17-24(30)29-13-10-23-21(11-15-35-23)22(29)18-34-20-9-6-8-19(16-20)33-5/h6,8-9,11,15-16,22H,7,10,12-14,17-18H2,1-5H3,(H,27,31). The monoisotopic (exact) mass is 503 g/mol. The smallest absolute Gasteiger partial charge is 0.318 e. The van der Waals surface area contributed by atoms with Gasteiger partial charge in [0.25, 0.3) is 0 Å². The summed E-state index contributed by atoms with van der Waals surface area (Å²) in [4.78, 5) is 31.2. The van der Waals surface area contributed by atoms with E-state index in [-0.39, 0.29) is 24.5 Å². The Kier molecular flexibility index (Phi) is 9.40. The number of hydrogen-bond donors (Lipinski definition) is 1. The van der Waals surface area contributed by atoms with E-state index in [0.717, 1.165) is 12.0 Å². The molecule has 1 aromatic heterocycles. The minimum absolute atomic E-state index is 0.000752. The number of hydrogen-bond acceptors (Lipinski definition) is 6. The molecule has 0 spiro atoms. The van der Waals surface area contributed by atoms with E-state index in [0.29, 0.717) is 44.2 Å². The fourth-order valence-electron chi connectivity index (χ4n) is 4.05. The van der Waals surface area contributed by atoms with Crippen LogP contribution >= 0.6 is 11.3 Å². The third-order valence-electron chi connectivity index (χ3n) is 5.74. The van der Waals surface area contributed by atoms with Crippen LogP contribution in [0.15, 0.2) is 35.7 Å². The number of nitrogens with zero attached hydrogens (tertiary/aromatic N) is 2. The van der Waals surface area contributed by atoms with E-state index in [1.807, 2.05) is 49.9 Å². The van der Waals surface area contributed by atoms with Crippen molar-refractivity contribution in [1.29, 1.82) is 0 Å². The van der Waals surface area contributed by atoms with Gasteiger partial charge in [0.15, 0.2) is 0 Å². The molecule has 3 amide bonds. The molecule has 0 aliphatic carbocycles. The second kappa shape index (κ2) is 12.3. The summed E-state index contributed by atoms with van der Waals surface area (Å²) in [5.74, 6) is 1.30. The van der Waals surface area contributed by atoms with E-state index in [9.17, 15) is 9.59 Å². The van der Waals surface area contributed by atoms with Gasteiger partial charge in [0.1, 0.15) is 24.7 Å². The number of nitrogens with one attached hydrogen (secondary N) is 1. The highest BCUT2D eigenvalue weighted by atomic mass is 32.1. The Bertz CT molecular complexity index is 987. The van der Waals surface area contributed by atoms with E-state index in [1.165, 1.54) is 4.88 Å². The van der Waals surface area contributed by atoms with Gasteiger partial charge in [0.2, 0.25) is 5.91 Å². The number of carbonyl (C=O) groups is 2. The Morgan fingerprint density at radius 3 is 2.69 bits per heavy atom. The van der Waals surface area contributed by atoms with Crippen molar-refractivity contribution in [2.75, 3.05) is 47.1 Å². The molecule has 3 rings (SSSR count). The lowest BCUT2D eigenvalue weighted by Gasteiger charge is -2.37. The Balaban J connectivity index is 1.75. The molecule has 8 nitrogen and oxygen atoms in total. The summed E-state index contributed by atoms with van der Waals surface area (Å²) in [5, 5.41) is 5.04. The summed E-state index contributed by atoms with van der Waals surface area (Å²) in [6, 6.07) is 9.04. The second-order valence-electron chi connectivity index (χ2n) is 9.59. The summed E-state index contributed by atoms with van der Waals surface area (Å²) in [6.45, 7) is 7.64. The van der Waals surface area contributed by atoms with Crippen molar-refractivity contribution >= 4 is 23.3 Å². The molecular formula is C26H37N3O5S. The highest BCUT2D eigenvalue weighted by Crippen LogP contribution is 2.34. The third kappa shape index (κ3) is 7.60. The SMILES string of the molecule is COCCCN(CC(=O)N1CCc2sccc2C1COc1cccc(OC)c1)C(=O)NC(C)(C)C. The fourth-order valence-corrected chi connectivity index (χ4v) is 4.98. The van der Waals surface area contributed by atoms with Crippen molar-refractivity contribution in [3.8, 4) is 11.5 Å². The molecule has 2 heterocycles. The average molecular weight is 504 g/mol. The van der Waals surface area contributed by atoms with Crippen molar-refractivity contribution in [2.45, 2.75) is 45.2 Å². The molecule has 1 aliphatic heterocycles. The number of ether oxygens (including phenoxy) is 3. The molecule has 1 unspecified atom stereocenters. The van der Waals surface area contributed by atoms with Gasteiger partial charge in [-0.3, -0.25) is 4.79 Å². The van der Waals surface area contributed by atoms with Crippen LogP contribution in [0, 0.1) is 0 Å². The van der Waals surface area contributed by atoms with Crippen LogP contribution in [0.5, 0.6) is 11.5 Å². The molecule has 1 N–H and O–H groups in total. The predicted molar refractivity (Wildman–Crippen MR) is 137 cm³/mol. The zero-order valence-electron chi connectivity index (χ0n) is 21.3. The van der Waals surface area contributed by atoms with Crippen LogP contribution < -0.4 is 14.8 Å². The largest absolute Gasteiger partial charge is 0.497 e. The van der Waals surface area contributed by atoms with E-state index in [4.69, 9.17) is 14.2 Å². The lowest BCUT2D eigenvalue weighted by atomic mass is 10.0. The van der Waals surface area contributed by atoms with Gasteiger partial charge in [-0.2, -0.15) is 0 Å². The molecule has 2 aromatic rings. The van der Waals surface area contributed by atoms with E-state index in [1.54, 1.807) is 30.5 Å². The average Bonchev–Trinajstić information content (AvgIpc) is 3.30. The molecular weight excluding hydrogens is 466 g/mol. The number of benzene rings is 1. The van der Waals surface area contributed by atoms with Crippen molar-refractivity contribution in [3.63, 3.8) is 0 Å². The van der Waals surface area contributed by atoms with Crippen molar-refractivity contribution in [2.24, 2.45) is 0 Å². The fraction of sp³-hybridized carbons (Fsp3) is 0.538. The summed E-state index contributed by atoms with van der Waals surface area (Å²) in [6.07, 6.45) is 1.45. The molecule has 9 heteroatoms. The highest BCUT2D eigenvalue weighted by Gasteiger charge is 2.34. The summed E-state index contributed by atoms with van der Waals surface area (Å²) >= 11 is 1.71. The molecule has 0 saturated carbocycles. The molecule has 0 saturated heterocycles. The van der Waals surface area contributed by atoms with E-state index >= 15 is 0 Å².